The van der Waals surface area contributed by atoms with Gasteiger partial charge in [0.2, 0.25) is 5.95 Å². The second-order valence-corrected chi connectivity index (χ2v) is 6.14. The van der Waals surface area contributed by atoms with E-state index in [0.717, 1.165) is 5.56 Å². The van der Waals surface area contributed by atoms with E-state index in [1.165, 1.54) is 24.4 Å². The van der Waals surface area contributed by atoms with E-state index in [2.05, 4.69) is 20.6 Å². The van der Waals surface area contributed by atoms with Crippen LogP contribution in [-0.2, 0) is 6.54 Å². The Kier molecular flexibility index (Phi) is 5.65. The van der Waals surface area contributed by atoms with Gasteiger partial charge in [0.15, 0.2) is 0 Å². The summed E-state index contributed by atoms with van der Waals surface area (Å²) in [7, 11) is 0. The molecule has 132 valence electrons. The molecule has 8 heteroatoms. The number of nitrogens with zero attached hydrogens (tertiary/aromatic N) is 2. The van der Waals surface area contributed by atoms with Crippen LogP contribution in [-0.4, -0.2) is 15.9 Å². The van der Waals surface area contributed by atoms with Gasteiger partial charge in [-0.1, -0.05) is 35.3 Å². The lowest BCUT2D eigenvalue weighted by Crippen LogP contribution is -2.24. The first-order chi connectivity index (χ1) is 12.5. The predicted molar refractivity (Wildman–Crippen MR) is 99.3 cm³/mol. The number of hydrogen-bond acceptors (Lipinski definition) is 4. The van der Waals surface area contributed by atoms with E-state index in [-0.39, 0.29) is 29.9 Å². The molecule has 2 N–H and O–H groups in total. The number of rotatable bonds is 5. The van der Waals surface area contributed by atoms with Crippen LogP contribution in [0, 0.1) is 5.82 Å². The molecular weight excluding hydrogens is 378 g/mol. The summed E-state index contributed by atoms with van der Waals surface area (Å²) in [4.78, 5) is 20.5. The summed E-state index contributed by atoms with van der Waals surface area (Å²) in [6.07, 6.45) is 1.47. The molecule has 0 aliphatic carbocycles. The number of carbonyl (C=O) groups excluding carboxylic acids is 1. The highest BCUT2D eigenvalue weighted by Crippen LogP contribution is 2.26. The second kappa shape index (κ2) is 8.12. The fourth-order valence-electron chi connectivity index (χ4n) is 2.12. The fourth-order valence-corrected chi connectivity index (χ4v) is 2.42. The number of halogens is 3. The van der Waals surface area contributed by atoms with Crippen LogP contribution in [0.15, 0.2) is 54.7 Å². The Hall–Kier alpha value is -2.70. The number of nitrogens with one attached hydrogen (secondary N) is 2. The molecule has 0 atom stereocenters. The Morgan fingerprint density at radius 1 is 1.04 bits per heavy atom. The molecule has 3 rings (SSSR count). The van der Waals surface area contributed by atoms with E-state index in [1.54, 1.807) is 30.3 Å². The zero-order chi connectivity index (χ0) is 18.5. The molecule has 5 nitrogen and oxygen atoms in total. The van der Waals surface area contributed by atoms with Gasteiger partial charge in [0.25, 0.3) is 5.91 Å². The first kappa shape index (κ1) is 18.1. The van der Waals surface area contributed by atoms with Crippen molar-refractivity contribution in [1.29, 1.82) is 0 Å². The number of aromatic nitrogens is 2. The van der Waals surface area contributed by atoms with E-state index in [9.17, 15) is 9.18 Å². The highest BCUT2D eigenvalue weighted by molar-refractivity contribution is 6.42. The quantitative estimate of drug-likeness (QED) is 0.668. The average molecular weight is 391 g/mol. The first-order valence-electron chi connectivity index (χ1n) is 7.59. The van der Waals surface area contributed by atoms with Crippen molar-refractivity contribution in [2.45, 2.75) is 6.54 Å². The summed E-state index contributed by atoms with van der Waals surface area (Å²) < 4.78 is 12.9. The Morgan fingerprint density at radius 2 is 1.81 bits per heavy atom. The van der Waals surface area contributed by atoms with Gasteiger partial charge in [0.1, 0.15) is 11.5 Å². The van der Waals surface area contributed by atoms with E-state index >= 15 is 0 Å². The number of benzene rings is 2. The SMILES string of the molecule is O=C(NCc1ccc(F)cc1)c1ccnc(Nc2ccc(Cl)c(Cl)c2)n1. The van der Waals surface area contributed by atoms with Crippen LogP contribution in [0.1, 0.15) is 16.1 Å². The third-order valence-electron chi connectivity index (χ3n) is 3.43. The standard InChI is InChI=1S/C18H13Cl2FN4O/c19-14-6-5-13(9-15(14)20)24-18-22-8-7-16(25-18)17(26)23-10-11-1-3-12(21)4-2-11/h1-9H,10H2,(H,23,26)(H,22,24,25). The maximum Gasteiger partial charge on any atom is 0.270 e. The smallest absolute Gasteiger partial charge is 0.270 e. The summed E-state index contributed by atoms with van der Waals surface area (Å²) in [6, 6.07) is 12.4. The third-order valence-corrected chi connectivity index (χ3v) is 4.17. The van der Waals surface area contributed by atoms with Gasteiger partial charge in [-0.3, -0.25) is 4.79 Å². The van der Waals surface area contributed by atoms with E-state index in [4.69, 9.17) is 23.2 Å². The Morgan fingerprint density at radius 3 is 2.54 bits per heavy atom. The lowest BCUT2D eigenvalue weighted by Gasteiger charge is -2.08. The average Bonchev–Trinajstić information content (AvgIpc) is 2.64. The molecule has 1 aromatic heterocycles. The lowest BCUT2D eigenvalue weighted by atomic mass is 10.2. The molecule has 0 spiro atoms. The van der Waals surface area contributed by atoms with Gasteiger partial charge in [-0.2, -0.15) is 0 Å². The van der Waals surface area contributed by atoms with E-state index in [1.807, 2.05) is 0 Å². The topological polar surface area (TPSA) is 66.9 Å². The fraction of sp³-hybridized carbons (Fsp3) is 0.0556. The van der Waals surface area contributed by atoms with Gasteiger partial charge in [0.05, 0.1) is 10.0 Å². The summed E-state index contributed by atoms with van der Waals surface area (Å²) >= 11 is 11.9. The maximum atomic E-state index is 12.9. The maximum absolute atomic E-state index is 12.9. The van der Waals surface area contributed by atoms with Crippen LogP contribution in [0.3, 0.4) is 0 Å². The minimum Gasteiger partial charge on any atom is -0.347 e. The number of amides is 1. The van der Waals surface area contributed by atoms with Gasteiger partial charge in [0, 0.05) is 18.4 Å². The lowest BCUT2D eigenvalue weighted by molar-refractivity contribution is 0.0946. The predicted octanol–water partition coefficient (Wildman–Crippen LogP) is 4.60. The summed E-state index contributed by atoms with van der Waals surface area (Å²) in [5, 5.41) is 6.52. The minimum atomic E-state index is -0.367. The first-order valence-corrected chi connectivity index (χ1v) is 8.34. The zero-order valence-electron chi connectivity index (χ0n) is 13.3. The molecular formula is C18H13Cl2FN4O. The largest absolute Gasteiger partial charge is 0.347 e. The Labute approximate surface area is 159 Å². The van der Waals surface area contributed by atoms with Crippen molar-refractivity contribution in [3.63, 3.8) is 0 Å². The zero-order valence-corrected chi connectivity index (χ0v) is 14.9. The number of hydrogen-bond donors (Lipinski definition) is 2. The van der Waals surface area contributed by atoms with Gasteiger partial charge in [-0.05, 0) is 42.0 Å². The second-order valence-electron chi connectivity index (χ2n) is 5.33. The van der Waals surface area contributed by atoms with Crippen LogP contribution in [0.25, 0.3) is 0 Å². The molecule has 2 aromatic carbocycles. The van der Waals surface area contributed by atoms with Crippen molar-refractivity contribution in [2.75, 3.05) is 5.32 Å². The van der Waals surface area contributed by atoms with Gasteiger partial charge >= 0.3 is 0 Å². The Balaban J connectivity index is 1.66. The summed E-state index contributed by atoms with van der Waals surface area (Å²) in [6.45, 7) is 0.263. The molecule has 0 fully saturated rings. The van der Waals surface area contributed by atoms with E-state index in [0.29, 0.717) is 15.7 Å². The molecule has 0 saturated carbocycles. The normalized spacial score (nSPS) is 10.4. The molecule has 1 heterocycles. The molecule has 0 unspecified atom stereocenters. The van der Waals surface area contributed by atoms with Crippen LogP contribution >= 0.6 is 23.2 Å². The number of carbonyl (C=O) groups is 1. The van der Waals surface area contributed by atoms with Crippen molar-refractivity contribution in [3.8, 4) is 0 Å². The van der Waals surface area contributed by atoms with Crippen molar-refractivity contribution >= 4 is 40.7 Å². The molecule has 3 aromatic rings. The third kappa shape index (κ3) is 4.68. The van der Waals surface area contributed by atoms with E-state index < -0.39 is 0 Å². The molecule has 0 radical (unpaired) electrons. The molecule has 0 aliphatic rings. The monoisotopic (exact) mass is 390 g/mol. The van der Waals surface area contributed by atoms with Crippen LogP contribution in [0.5, 0.6) is 0 Å². The van der Waals surface area contributed by atoms with Gasteiger partial charge in [-0.25, -0.2) is 14.4 Å². The Bertz CT molecular complexity index is 935. The van der Waals surface area contributed by atoms with Crippen molar-refractivity contribution in [1.82, 2.24) is 15.3 Å². The molecule has 0 aliphatic heterocycles. The van der Waals surface area contributed by atoms with Gasteiger partial charge < -0.3 is 10.6 Å². The van der Waals surface area contributed by atoms with Crippen molar-refractivity contribution in [2.24, 2.45) is 0 Å². The summed E-state index contributed by atoms with van der Waals surface area (Å²) in [5.74, 6) is -0.444. The molecule has 0 bridgehead atoms. The minimum absolute atomic E-state index is 0.199. The molecule has 1 amide bonds. The molecule has 26 heavy (non-hydrogen) atoms. The molecule has 0 saturated heterocycles. The highest BCUT2D eigenvalue weighted by Gasteiger charge is 2.09. The highest BCUT2D eigenvalue weighted by atomic mass is 35.5. The van der Waals surface area contributed by atoms with Crippen molar-refractivity contribution in [3.05, 3.63) is 81.8 Å². The number of anilines is 2. The van der Waals surface area contributed by atoms with Crippen molar-refractivity contribution < 1.29 is 9.18 Å². The summed E-state index contributed by atoms with van der Waals surface area (Å²) in [5.41, 5.74) is 1.62. The van der Waals surface area contributed by atoms with Crippen LogP contribution < -0.4 is 10.6 Å². The van der Waals surface area contributed by atoms with Crippen LogP contribution in [0.4, 0.5) is 16.0 Å². The van der Waals surface area contributed by atoms with Gasteiger partial charge in [-0.15, -0.1) is 0 Å². The van der Waals surface area contributed by atoms with Crippen LogP contribution in [0.2, 0.25) is 10.0 Å².